The lowest BCUT2D eigenvalue weighted by Crippen LogP contribution is -2.37. The number of hydrogen-bond donors (Lipinski definition) is 1. The van der Waals surface area contributed by atoms with Crippen molar-refractivity contribution in [3.8, 4) is 0 Å². The third-order valence-corrected chi connectivity index (χ3v) is 5.87. The molecular weight excluding hydrogens is 284 g/mol. The van der Waals surface area contributed by atoms with Gasteiger partial charge in [-0.25, -0.2) is 8.42 Å². The minimum Gasteiger partial charge on any atom is -0.326 e. The number of benzene rings is 1. The van der Waals surface area contributed by atoms with Crippen molar-refractivity contribution in [1.82, 2.24) is 4.31 Å². The maximum absolute atomic E-state index is 12.5. The molecule has 0 amide bonds. The summed E-state index contributed by atoms with van der Waals surface area (Å²) in [4.78, 5) is 0.254. The van der Waals surface area contributed by atoms with E-state index in [1.807, 2.05) is 0 Å². The van der Waals surface area contributed by atoms with Gasteiger partial charge in [-0.05, 0) is 36.5 Å². The molecule has 1 aliphatic rings. The Hall–Kier alpha value is -0.620. The smallest absolute Gasteiger partial charge is 0.243 e. The Morgan fingerprint density at radius 3 is 2.53 bits per heavy atom. The first kappa shape index (κ1) is 14.8. The molecule has 1 aromatic rings. The van der Waals surface area contributed by atoms with Gasteiger partial charge in [0.15, 0.2) is 0 Å². The van der Waals surface area contributed by atoms with E-state index < -0.39 is 10.0 Å². The quantitative estimate of drug-likeness (QED) is 0.931. The van der Waals surface area contributed by atoms with Crippen LogP contribution in [0.4, 0.5) is 0 Å². The van der Waals surface area contributed by atoms with Crippen LogP contribution in [0.1, 0.15) is 25.3 Å². The molecule has 2 N–H and O–H groups in total. The zero-order valence-electron chi connectivity index (χ0n) is 11.0. The maximum Gasteiger partial charge on any atom is 0.243 e. The number of piperidine rings is 1. The van der Waals surface area contributed by atoms with Crippen LogP contribution < -0.4 is 5.73 Å². The summed E-state index contributed by atoms with van der Waals surface area (Å²) < 4.78 is 26.5. The lowest BCUT2D eigenvalue weighted by Gasteiger charge is -2.29. The Kier molecular flexibility index (Phi) is 4.50. The molecule has 0 saturated carbocycles. The van der Waals surface area contributed by atoms with Crippen molar-refractivity contribution >= 4 is 21.6 Å². The van der Waals surface area contributed by atoms with Gasteiger partial charge in [0.05, 0.1) is 4.90 Å². The van der Waals surface area contributed by atoms with Crippen molar-refractivity contribution in [2.24, 2.45) is 11.7 Å². The van der Waals surface area contributed by atoms with Gasteiger partial charge in [-0.15, -0.1) is 0 Å². The first-order valence-electron chi connectivity index (χ1n) is 6.44. The summed E-state index contributed by atoms with van der Waals surface area (Å²) in [6.45, 7) is 3.62. The summed E-state index contributed by atoms with van der Waals surface area (Å²) in [5, 5.41) is 0.411. The molecule has 1 heterocycles. The van der Waals surface area contributed by atoms with Gasteiger partial charge < -0.3 is 5.73 Å². The zero-order chi connectivity index (χ0) is 14.0. The van der Waals surface area contributed by atoms with E-state index in [-0.39, 0.29) is 4.90 Å². The lowest BCUT2D eigenvalue weighted by molar-refractivity contribution is 0.288. The van der Waals surface area contributed by atoms with E-state index in [2.05, 4.69) is 6.92 Å². The van der Waals surface area contributed by atoms with Crippen LogP contribution in [0.3, 0.4) is 0 Å². The molecule has 0 atom stereocenters. The van der Waals surface area contributed by atoms with E-state index in [0.29, 0.717) is 30.6 Å². The largest absolute Gasteiger partial charge is 0.326 e. The molecule has 1 aliphatic heterocycles. The summed E-state index contributed by atoms with van der Waals surface area (Å²) in [7, 11) is -3.42. The van der Waals surface area contributed by atoms with Crippen LogP contribution >= 0.6 is 11.6 Å². The summed E-state index contributed by atoms with van der Waals surface area (Å²) in [6.07, 6.45) is 1.82. The van der Waals surface area contributed by atoms with Gasteiger partial charge in [0, 0.05) is 24.7 Å². The van der Waals surface area contributed by atoms with E-state index >= 15 is 0 Å². The molecule has 6 heteroatoms. The van der Waals surface area contributed by atoms with Crippen molar-refractivity contribution in [3.05, 3.63) is 28.8 Å². The van der Waals surface area contributed by atoms with Gasteiger partial charge in [0.2, 0.25) is 10.0 Å². The average Bonchev–Trinajstić information content (AvgIpc) is 2.39. The van der Waals surface area contributed by atoms with Crippen LogP contribution in [0.2, 0.25) is 5.02 Å². The van der Waals surface area contributed by atoms with E-state index in [1.165, 1.54) is 6.07 Å². The molecule has 4 nitrogen and oxygen atoms in total. The molecule has 106 valence electrons. The highest BCUT2D eigenvalue weighted by Crippen LogP contribution is 2.26. The Morgan fingerprint density at radius 1 is 1.37 bits per heavy atom. The number of halogens is 1. The third-order valence-electron chi connectivity index (χ3n) is 3.62. The minimum atomic E-state index is -3.42. The van der Waals surface area contributed by atoms with Crippen LogP contribution in [0, 0.1) is 5.92 Å². The van der Waals surface area contributed by atoms with Crippen molar-refractivity contribution in [1.29, 1.82) is 0 Å². The third kappa shape index (κ3) is 3.11. The van der Waals surface area contributed by atoms with Crippen molar-refractivity contribution in [2.45, 2.75) is 31.2 Å². The molecule has 0 aromatic heterocycles. The molecule has 0 radical (unpaired) electrons. The zero-order valence-corrected chi connectivity index (χ0v) is 12.5. The maximum atomic E-state index is 12.5. The van der Waals surface area contributed by atoms with Crippen LogP contribution in [-0.4, -0.2) is 25.8 Å². The molecule has 0 unspecified atom stereocenters. The standard InChI is InChI=1S/C13H19ClN2O2S/c1-10-4-6-16(7-5-10)19(17,18)12-3-2-11(9-15)13(14)8-12/h2-3,8,10H,4-7,9,15H2,1H3. The molecule has 19 heavy (non-hydrogen) atoms. The van der Waals surface area contributed by atoms with Gasteiger partial charge in [0.1, 0.15) is 0 Å². The monoisotopic (exact) mass is 302 g/mol. The number of nitrogens with zero attached hydrogens (tertiary/aromatic N) is 1. The second kappa shape index (κ2) is 5.79. The van der Waals surface area contributed by atoms with Crippen LogP contribution in [0.25, 0.3) is 0 Å². The molecular formula is C13H19ClN2O2S. The molecule has 2 rings (SSSR count). The number of rotatable bonds is 3. The summed E-state index contributed by atoms with van der Waals surface area (Å²) in [6, 6.07) is 4.76. The van der Waals surface area contributed by atoms with Crippen LogP contribution in [0.5, 0.6) is 0 Å². The fourth-order valence-electron chi connectivity index (χ4n) is 2.23. The Labute approximate surface area is 119 Å². The number of sulfonamides is 1. The first-order chi connectivity index (χ1) is 8.95. The molecule has 0 aliphatic carbocycles. The van der Waals surface area contributed by atoms with Gasteiger partial charge in [-0.3, -0.25) is 0 Å². The lowest BCUT2D eigenvalue weighted by atomic mass is 10.0. The van der Waals surface area contributed by atoms with Crippen molar-refractivity contribution < 1.29 is 8.42 Å². The normalized spacial score (nSPS) is 18.7. The van der Waals surface area contributed by atoms with Gasteiger partial charge in [-0.1, -0.05) is 24.6 Å². The van der Waals surface area contributed by atoms with Crippen LogP contribution in [0.15, 0.2) is 23.1 Å². The highest BCUT2D eigenvalue weighted by Gasteiger charge is 2.28. The SMILES string of the molecule is CC1CCN(S(=O)(=O)c2ccc(CN)c(Cl)c2)CC1. The second-order valence-corrected chi connectivity index (χ2v) is 7.39. The topological polar surface area (TPSA) is 63.4 Å². The highest BCUT2D eigenvalue weighted by atomic mass is 35.5. The fourth-order valence-corrected chi connectivity index (χ4v) is 4.05. The second-order valence-electron chi connectivity index (χ2n) is 5.04. The Morgan fingerprint density at radius 2 is 2.00 bits per heavy atom. The van der Waals surface area contributed by atoms with Gasteiger partial charge in [-0.2, -0.15) is 4.31 Å². The Bertz CT molecular complexity index is 552. The summed E-state index contributed by atoms with van der Waals surface area (Å²) in [5.41, 5.74) is 6.28. The molecule has 1 saturated heterocycles. The number of nitrogens with two attached hydrogens (primary N) is 1. The van der Waals surface area contributed by atoms with Gasteiger partial charge >= 0.3 is 0 Å². The van der Waals surface area contributed by atoms with Gasteiger partial charge in [0.25, 0.3) is 0 Å². The van der Waals surface area contributed by atoms with E-state index in [4.69, 9.17) is 17.3 Å². The predicted octanol–water partition coefficient (Wildman–Crippen LogP) is 2.22. The first-order valence-corrected chi connectivity index (χ1v) is 8.25. The van der Waals surface area contributed by atoms with E-state index in [9.17, 15) is 8.42 Å². The van der Waals surface area contributed by atoms with Crippen molar-refractivity contribution in [3.63, 3.8) is 0 Å². The summed E-state index contributed by atoms with van der Waals surface area (Å²) in [5.74, 6) is 0.592. The molecule has 1 fully saturated rings. The highest BCUT2D eigenvalue weighted by molar-refractivity contribution is 7.89. The van der Waals surface area contributed by atoms with Crippen LogP contribution in [-0.2, 0) is 16.6 Å². The fraction of sp³-hybridized carbons (Fsp3) is 0.538. The number of hydrogen-bond acceptors (Lipinski definition) is 3. The van der Waals surface area contributed by atoms with E-state index in [0.717, 1.165) is 18.4 Å². The minimum absolute atomic E-state index is 0.254. The molecule has 0 spiro atoms. The Balaban J connectivity index is 2.27. The summed E-state index contributed by atoms with van der Waals surface area (Å²) >= 11 is 6.03. The molecule has 0 bridgehead atoms. The van der Waals surface area contributed by atoms with E-state index in [1.54, 1.807) is 16.4 Å². The average molecular weight is 303 g/mol. The van der Waals surface area contributed by atoms with Crippen molar-refractivity contribution in [2.75, 3.05) is 13.1 Å². The molecule has 1 aromatic carbocycles. The predicted molar refractivity (Wildman–Crippen MR) is 76.5 cm³/mol.